The van der Waals surface area contributed by atoms with E-state index in [9.17, 15) is 9.59 Å². The second kappa shape index (κ2) is 8.34. The SMILES string of the molecule is CCOC(=O)C1C(C)=Nc2nnnn2C1c1cccc(Oc2ccc(C(=O)O)cc2)c1. The van der Waals surface area contributed by atoms with Crippen molar-refractivity contribution in [1.82, 2.24) is 20.2 Å². The Hall–Kier alpha value is -4.08. The van der Waals surface area contributed by atoms with Gasteiger partial charge in [-0.3, -0.25) is 4.79 Å². The van der Waals surface area contributed by atoms with Gasteiger partial charge in [0.25, 0.3) is 5.95 Å². The van der Waals surface area contributed by atoms with Crippen LogP contribution in [-0.2, 0) is 9.53 Å². The van der Waals surface area contributed by atoms with Gasteiger partial charge in [-0.2, -0.15) is 0 Å². The third-order valence-electron chi connectivity index (χ3n) is 4.86. The Morgan fingerprint density at radius 1 is 1.13 bits per heavy atom. The van der Waals surface area contributed by atoms with Crippen molar-refractivity contribution in [2.24, 2.45) is 10.9 Å². The number of nitrogens with zero attached hydrogens (tertiary/aromatic N) is 5. The number of tetrazole rings is 1. The number of aromatic nitrogens is 4. The lowest BCUT2D eigenvalue weighted by molar-refractivity contribution is -0.146. The van der Waals surface area contributed by atoms with Crippen molar-refractivity contribution in [3.8, 4) is 11.5 Å². The molecule has 10 nitrogen and oxygen atoms in total. The van der Waals surface area contributed by atoms with E-state index in [1.807, 2.05) is 6.07 Å². The molecule has 3 aromatic rings. The van der Waals surface area contributed by atoms with Crippen LogP contribution in [0.1, 0.15) is 35.8 Å². The lowest BCUT2D eigenvalue weighted by Crippen LogP contribution is -2.37. The summed E-state index contributed by atoms with van der Waals surface area (Å²) >= 11 is 0. The molecular formula is C21H19N5O5. The largest absolute Gasteiger partial charge is 0.478 e. The number of hydrogen-bond donors (Lipinski definition) is 1. The highest BCUT2D eigenvalue weighted by molar-refractivity contribution is 6.03. The third-order valence-corrected chi connectivity index (χ3v) is 4.86. The molecule has 0 aliphatic carbocycles. The lowest BCUT2D eigenvalue weighted by atomic mass is 9.88. The van der Waals surface area contributed by atoms with Gasteiger partial charge in [0.15, 0.2) is 0 Å². The van der Waals surface area contributed by atoms with Crippen molar-refractivity contribution in [3.05, 3.63) is 59.7 Å². The normalized spacial score (nSPS) is 17.4. The highest BCUT2D eigenvalue weighted by Crippen LogP contribution is 2.37. The number of hydrogen-bond acceptors (Lipinski definition) is 8. The van der Waals surface area contributed by atoms with Gasteiger partial charge in [0, 0.05) is 5.71 Å². The third kappa shape index (κ3) is 4.00. The van der Waals surface area contributed by atoms with Gasteiger partial charge in [-0.1, -0.05) is 17.2 Å². The van der Waals surface area contributed by atoms with Crippen molar-refractivity contribution in [2.45, 2.75) is 19.9 Å². The van der Waals surface area contributed by atoms with E-state index in [0.717, 1.165) is 5.56 Å². The molecular weight excluding hydrogens is 402 g/mol. The molecule has 2 heterocycles. The zero-order valence-electron chi connectivity index (χ0n) is 16.8. The van der Waals surface area contributed by atoms with Crippen molar-refractivity contribution in [3.63, 3.8) is 0 Å². The van der Waals surface area contributed by atoms with Crippen LogP contribution in [0.4, 0.5) is 5.95 Å². The van der Waals surface area contributed by atoms with Crippen LogP contribution in [-0.4, -0.2) is 49.6 Å². The smallest absolute Gasteiger partial charge is 0.335 e. The number of fused-ring (bicyclic) bond motifs is 1. The first-order valence-corrected chi connectivity index (χ1v) is 9.58. The number of carboxylic acid groups (broad SMARTS) is 1. The molecule has 4 rings (SSSR count). The Bertz CT molecular complexity index is 1150. The second-order valence-corrected chi connectivity index (χ2v) is 6.86. The van der Waals surface area contributed by atoms with Crippen LogP contribution < -0.4 is 4.74 Å². The molecule has 31 heavy (non-hydrogen) atoms. The number of aromatic carboxylic acids is 1. The van der Waals surface area contributed by atoms with E-state index in [0.29, 0.717) is 23.2 Å². The fraction of sp³-hybridized carbons (Fsp3) is 0.238. The number of rotatable bonds is 6. The zero-order chi connectivity index (χ0) is 22.0. The van der Waals surface area contributed by atoms with Crippen LogP contribution >= 0.6 is 0 Å². The molecule has 1 aliphatic rings. The summed E-state index contributed by atoms with van der Waals surface area (Å²) in [5, 5.41) is 20.7. The summed E-state index contributed by atoms with van der Waals surface area (Å²) < 4.78 is 12.6. The Morgan fingerprint density at radius 3 is 2.61 bits per heavy atom. The minimum absolute atomic E-state index is 0.168. The molecule has 158 valence electrons. The molecule has 1 N–H and O–H groups in total. The molecule has 10 heteroatoms. The summed E-state index contributed by atoms with van der Waals surface area (Å²) in [6.45, 7) is 3.74. The van der Waals surface area contributed by atoms with Gasteiger partial charge in [-0.15, -0.1) is 0 Å². The molecule has 1 aromatic heterocycles. The fourth-order valence-corrected chi connectivity index (χ4v) is 3.47. The van der Waals surface area contributed by atoms with E-state index in [-0.39, 0.29) is 12.2 Å². The highest BCUT2D eigenvalue weighted by Gasteiger charge is 2.40. The van der Waals surface area contributed by atoms with Gasteiger partial charge in [0.2, 0.25) is 0 Å². The van der Waals surface area contributed by atoms with Crippen LogP contribution in [0, 0.1) is 5.92 Å². The first kappa shape index (κ1) is 20.2. The molecule has 0 saturated carbocycles. The van der Waals surface area contributed by atoms with Crippen molar-refractivity contribution >= 4 is 23.6 Å². The number of esters is 1. The predicted octanol–water partition coefficient (Wildman–Crippen LogP) is 3.04. The van der Waals surface area contributed by atoms with Crippen LogP contribution in [0.15, 0.2) is 53.5 Å². The maximum atomic E-state index is 12.7. The maximum Gasteiger partial charge on any atom is 0.335 e. The van der Waals surface area contributed by atoms with Gasteiger partial charge < -0.3 is 14.6 Å². The number of carboxylic acids is 1. The molecule has 0 bridgehead atoms. The second-order valence-electron chi connectivity index (χ2n) is 6.86. The zero-order valence-corrected chi connectivity index (χ0v) is 16.8. The summed E-state index contributed by atoms with van der Waals surface area (Å²) in [6, 6.07) is 12.7. The number of aliphatic imine (C=N–C) groups is 1. The van der Waals surface area contributed by atoms with Crippen LogP contribution in [0.25, 0.3) is 0 Å². The number of carbonyl (C=O) groups excluding carboxylic acids is 1. The maximum absolute atomic E-state index is 12.7. The number of benzene rings is 2. The lowest BCUT2D eigenvalue weighted by Gasteiger charge is -2.29. The minimum Gasteiger partial charge on any atom is -0.478 e. The minimum atomic E-state index is -1.01. The Morgan fingerprint density at radius 2 is 1.90 bits per heavy atom. The van der Waals surface area contributed by atoms with Crippen molar-refractivity contribution in [1.29, 1.82) is 0 Å². The molecule has 2 unspecified atom stereocenters. The van der Waals surface area contributed by atoms with E-state index < -0.39 is 23.9 Å². The monoisotopic (exact) mass is 421 g/mol. The first-order chi connectivity index (χ1) is 15.0. The van der Waals surface area contributed by atoms with E-state index in [1.165, 1.54) is 16.8 Å². The Balaban J connectivity index is 1.68. The van der Waals surface area contributed by atoms with Gasteiger partial charge in [-0.05, 0) is 66.2 Å². The van der Waals surface area contributed by atoms with Crippen LogP contribution in [0.2, 0.25) is 0 Å². The molecule has 0 radical (unpaired) electrons. The summed E-state index contributed by atoms with van der Waals surface area (Å²) in [6.07, 6.45) is 0. The molecule has 0 amide bonds. The highest BCUT2D eigenvalue weighted by atomic mass is 16.5. The summed E-state index contributed by atoms with van der Waals surface area (Å²) in [4.78, 5) is 28.1. The van der Waals surface area contributed by atoms with E-state index in [4.69, 9.17) is 14.6 Å². The molecule has 0 fully saturated rings. The Labute approximate surface area is 177 Å². The summed E-state index contributed by atoms with van der Waals surface area (Å²) in [5.41, 5.74) is 1.46. The van der Waals surface area contributed by atoms with Crippen molar-refractivity contribution in [2.75, 3.05) is 6.61 Å². The summed E-state index contributed by atoms with van der Waals surface area (Å²) in [5.74, 6) is -0.818. The van der Waals surface area contributed by atoms with E-state index in [2.05, 4.69) is 20.5 Å². The van der Waals surface area contributed by atoms with E-state index in [1.54, 1.807) is 44.2 Å². The van der Waals surface area contributed by atoms with Gasteiger partial charge >= 0.3 is 11.9 Å². The van der Waals surface area contributed by atoms with Crippen molar-refractivity contribution < 1.29 is 24.2 Å². The van der Waals surface area contributed by atoms with Crippen LogP contribution in [0.5, 0.6) is 11.5 Å². The fourth-order valence-electron chi connectivity index (χ4n) is 3.47. The molecule has 0 saturated heterocycles. The average Bonchev–Trinajstić information content (AvgIpc) is 3.21. The van der Waals surface area contributed by atoms with Gasteiger partial charge in [-0.25, -0.2) is 14.5 Å². The number of ether oxygens (including phenoxy) is 2. The van der Waals surface area contributed by atoms with E-state index >= 15 is 0 Å². The molecule has 1 aliphatic heterocycles. The first-order valence-electron chi connectivity index (χ1n) is 9.58. The van der Waals surface area contributed by atoms with Gasteiger partial charge in [0.1, 0.15) is 23.5 Å². The topological polar surface area (TPSA) is 129 Å². The quantitative estimate of drug-likeness (QED) is 0.601. The van der Waals surface area contributed by atoms with Crippen LogP contribution in [0.3, 0.4) is 0 Å². The Kier molecular flexibility index (Phi) is 5.44. The molecule has 0 spiro atoms. The molecule has 2 aromatic carbocycles. The summed E-state index contributed by atoms with van der Waals surface area (Å²) in [7, 11) is 0. The predicted molar refractivity (Wildman–Crippen MR) is 109 cm³/mol. The standard InChI is InChI=1S/C21H19N5O5/c1-3-30-20(29)17-12(2)22-21-23-24-25-26(21)18(17)14-5-4-6-16(11-14)31-15-9-7-13(8-10-15)19(27)28/h4-11,17-18H,3H2,1-2H3,(H,27,28). The van der Waals surface area contributed by atoms with Gasteiger partial charge in [0.05, 0.1) is 12.2 Å². The molecule has 2 atom stereocenters. The average molecular weight is 421 g/mol. The number of carbonyl (C=O) groups is 2.